The molecule has 0 saturated carbocycles. The highest BCUT2D eigenvalue weighted by Gasteiger charge is 2.11. The van der Waals surface area contributed by atoms with E-state index in [1.54, 1.807) is 6.07 Å². The second-order valence-corrected chi connectivity index (χ2v) is 4.94. The van der Waals surface area contributed by atoms with E-state index in [9.17, 15) is 4.79 Å². The Morgan fingerprint density at radius 1 is 1.29 bits per heavy atom. The van der Waals surface area contributed by atoms with Crippen LogP contribution in [0.2, 0.25) is 0 Å². The number of benzene rings is 1. The summed E-state index contributed by atoms with van der Waals surface area (Å²) in [6.45, 7) is 4.59. The molecule has 3 N–H and O–H groups in total. The Labute approximate surface area is 123 Å². The minimum absolute atomic E-state index is 0.202. The summed E-state index contributed by atoms with van der Waals surface area (Å²) in [6.07, 6.45) is 1.77. The van der Waals surface area contributed by atoms with Gasteiger partial charge in [0.25, 0.3) is 5.56 Å². The molecule has 0 aliphatic heterocycles. The van der Waals surface area contributed by atoms with Gasteiger partial charge in [0, 0.05) is 12.1 Å². The first-order valence-corrected chi connectivity index (χ1v) is 7.12. The molecule has 0 saturated heterocycles. The number of nitrogens with zero attached hydrogens (tertiary/aromatic N) is 2. The largest absolute Gasteiger partial charge is 0.384 e. The number of rotatable bonds is 5. The predicted octanol–water partition coefficient (Wildman–Crippen LogP) is 2.17. The van der Waals surface area contributed by atoms with Crippen LogP contribution in [0, 0.1) is 5.41 Å². The molecule has 0 radical (unpaired) electrons. The van der Waals surface area contributed by atoms with E-state index in [0.29, 0.717) is 12.2 Å². The highest BCUT2D eigenvalue weighted by molar-refractivity contribution is 5.95. The minimum Gasteiger partial charge on any atom is -0.384 e. The summed E-state index contributed by atoms with van der Waals surface area (Å²) in [5.74, 6) is -0.223. The lowest BCUT2D eigenvalue weighted by Crippen LogP contribution is -2.31. The summed E-state index contributed by atoms with van der Waals surface area (Å²) in [5, 5.41) is 11.9. The number of hydrogen-bond acceptors (Lipinski definition) is 3. The normalized spacial score (nSPS) is 10.6. The molecule has 0 spiro atoms. The van der Waals surface area contributed by atoms with Crippen LogP contribution < -0.4 is 11.3 Å². The average Bonchev–Trinajstić information content (AvgIpc) is 2.49. The minimum atomic E-state index is -0.307. The summed E-state index contributed by atoms with van der Waals surface area (Å²) in [4.78, 5) is 12.2. The van der Waals surface area contributed by atoms with E-state index < -0.39 is 0 Å². The lowest BCUT2D eigenvalue weighted by Gasteiger charge is -2.09. The maximum atomic E-state index is 12.2. The van der Waals surface area contributed by atoms with Gasteiger partial charge in [-0.15, -0.1) is 0 Å². The van der Waals surface area contributed by atoms with Gasteiger partial charge >= 0.3 is 0 Å². The Morgan fingerprint density at radius 2 is 1.95 bits per heavy atom. The first kappa shape index (κ1) is 15.0. The second kappa shape index (κ2) is 6.35. The van der Waals surface area contributed by atoms with E-state index in [1.807, 2.05) is 31.2 Å². The van der Waals surface area contributed by atoms with Crippen molar-refractivity contribution in [2.24, 2.45) is 5.73 Å². The SMILES string of the molecule is CCCn1nc(-c2ccc(CC)cc2)cc(C(=N)N)c1=O. The van der Waals surface area contributed by atoms with Gasteiger partial charge in [-0.3, -0.25) is 10.2 Å². The Balaban J connectivity index is 2.56. The van der Waals surface area contributed by atoms with Gasteiger partial charge in [-0.25, -0.2) is 4.68 Å². The van der Waals surface area contributed by atoms with E-state index in [4.69, 9.17) is 11.1 Å². The van der Waals surface area contributed by atoms with Crippen molar-refractivity contribution in [2.45, 2.75) is 33.2 Å². The molecule has 5 nitrogen and oxygen atoms in total. The maximum absolute atomic E-state index is 12.2. The van der Waals surface area contributed by atoms with E-state index >= 15 is 0 Å². The molecule has 21 heavy (non-hydrogen) atoms. The fourth-order valence-corrected chi connectivity index (χ4v) is 2.15. The molecule has 5 heteroatoms. The van der Waals surface area contributed by atoms with Gasteiger partial charge in [0.2, 0.25) is 0 Å². The number of amidine groups is 1. The molecule has 0 aliphatic rings. The standard InChI is InChI=1S/C16H20N4O/c1-3-9-20-16(21)13(15(17)18)10-14(19-20)12-7-5-11(4-2)6-8-12/h5-8,10H,3-4,9H2,1-2H3,(H3,17,18). The summed E-state index contributed by atoms with van der Waals surface area (Å²) in [7, 11) is 0. The van der Waals surface area contributed by atoms with Crippen molar-refractivity contribution < 1.29 is 0 Å². The van der Waals surface area contributed by atoms with Crippen LogP contribution >= 0.6 is 0 Å². The Hall–Kier alpha value is -2.43. The summed E-state index contributed by atoms with van der Waals surface area (Å²) >= 11 is 0. The fraction of sp³-hybridized carbons (Fsp3) is 0.312. The number of nitrogen functional groups attached to an aromatic ring is 1. The molecule has 1 aromatic heterocycles. The topological polar surface area (TPSA) is 84.8 Å². The molecule has 0 unspecified atom stereocenters. The van der Waals surface area contributed by atoms with E-state index in [-0.39, 0.29) is 17.0 Å². The lowest BCUT2D eigenvalue weighted by molar-refractivity contribution is 0.569. The molecule has 0 atom stereocenters. The van der Waals surface area contributed by atoms with E-state index in [2.05, 4.69) is 12.0 Å². The highest BCUT2D eigenvalue weighted by atomic mass is 16.1. The number of hydrogen-bond donors (Lipinski definition) is 2. The van der Waals surface area contributed by atoms with Crippen molar-refractivity contribution in [1.82, 2.24) is 9.78 Å². The Morgan fingerprint density at radius 3 is 2.48 bits per heavy atom. The van der Waals surface area contributed by atoms with Gasteiger partial charge < -0.3 is 5.73 Å². The van der Waals surface area contributed by atoms with Crippen LogP contribution in [-0.4, -0.2) is 15.6 Å². The van der Waals surface area contributed by atoms with Crippen LogP contribution in [0.3, 0.4) is 0 Å². The maximum Gasteiger partial charge on any atom is 0.277 e. The molecule has 0 amide bonds. The van der Waals surface area contributed by atoms with Crippen LogP contribution in [0.4, 0.5) is 0 Å². The van der Waals surface area contributed by atoms with Crippen LogP contribution in [0.5, 0.6) is 0 Å². The smallest absolute Gasteiger partial charge is 0.277 e. The molecule has 0 bridgehead atoms. The van der Waals surface area contributed by atoms with E-state index in [1.165, 1.54) is 10.2 Å². The van der Waals surface area contributed by atoms with Gasteiger partial charge in [-0.05, 0) is 24.5 Å². The molecular formula is C16H20N4O. The third-order valence-corrected chi connectivity index (χ3v) is 3.36. The average molecular weight is 284 g/mol. The zero-order valence-corrected chi connectivity index (χ0v) is 12.4. The summed E-state index contributed by atoms with van der Waals surface area (Å²) in [5.41, 5.74) is 8.23. The van der Waals surface area contributed by atoms with Gasteiger partial charge in [0.1, 0.15) is 5.84 Å². The number of nitrogens with two attached hydrogens (primary N) is 1. The number of aryl methyl sites for hydroxylation is 2. The van der Waals surface area contributed by atoms with Crippen molar-refractivity contribution in [3.05, 3.63) is 51.8 Å². The molecule has 0 aliphatic carbocycles. The molecule has 1 aromatic carbocycles. The van der Waals surface area contributed by atoms with Crippen LogP contribution in [0.1, 0.15) is 31.4 Å². The Bertz CT molecular complexity index is 701. The highest BCUT2D eigenvalue weighted by Crippen LogP contribution is 2.17. The van der Waals surface area contributed by atoms with Crippen LogP contribution in [0.15, 0.2) is 35.1 Å². The molecule has 110 valence electrons. The van der Waals surface area contributed by atoms with Crippen LogP contribution in [-0.2, 0) is 13.0 Å². The Kier molecular flexibility index (Phi) is 4.52. The van der Waals surface area contributed by atoms with Crippen molar-refractivity contribution in [3.63, 3.8) is 0 Å². The number of nitrogens with one attached hydrogen (secondary N) is 1. The molecule has 0 fully saturated rings. The van der Waals surface area contributed by atoms with Gasteiger partial charge in [-0.2, -0.15) is 5.10 Å². The van der Waals surface area contributed by atoms with Gasteiger partial charge in [0.15, 0.2) is 0 Å². The van der Waals surface area contributed by atoms with Crippen molar-refractivity contribution >= 4 is 5.84 Å². The quantitative estimate of drug-likeness (QED) is 0.652. The molecular weight excluding hydrogens is 264 g/mol. The van der Waals surface area contributed by atoms with Crippen molar-refractivity contribution in [2.75, 3.05) is 0 Å². The summed E-state index contributed by atoms with van der Waals surface area (Å²) < 4.78 is 1.39. The zero-order chi connectivity index (χ0) is 15.4. The van der Waals surface area contributed by atoms with Crippen molar-refractivity contribution in [3.8, 4) is 11.3 Å². The third kappa shape index (κ3) is 3.18. The summed E-state index contributed by atoms with van der Waals surface area (Å²) in [6, 6.07) is 9.63. The zero-order valence-electron chi connectivity index (χ0n) is 12.4. The predicted molar refractivity (Wildman–Crippen MR) is 84.6 cm³/mol. The van der Waals surface area contributed by atoms with E-state index in [0.717, 1.165) is 18.4 Å². The monoisotopic (exact) mass is 284 g/mol. The molecule has 1 heterocycles. The fourth-order valence-electron chi connectivity index (χ4n) is 2.15. The second-order valence-electron chi connectivity index (χ2n) is 4.94. The number of aromatic nitrogens is 2. The van der Waals surface area contributed by atoms with Crippen molar-refractivity contribution in [1.29, 1.82) is 5.41 Å². The molecule has 2 rings (SSSR count). The lowest BCUT2D eigenvalue weighted by atomic mass is 10.1. The third-order valence-electron chi connectivity index (χ3n) is 3.36. The molecule has 2 aromatic rings. The van der Waals surface area contributed by atoms with Gasteiger partial charge in [-0.1, -0.05) is 38.1 Å². The van der Waals surface area contributed by atoms with Gasteiger partial charge in [0.05, 0.1) is 11.3 Å². The first-order valence-electron chi connectivity index (χ1n) is 7.12. The van der Waals surface area contributed by atoms with Crippen LogP contribution in [0.25, 0.3) is 11.3 Å². The first-order chi connectivity index (χ1) is 10.1.